The van der Waals surface area contributed by atoms with Crippen molar-refractivity contribution < 1.29 is 9.59 Å². The number of piperidine rings is 1. The van der Waals surface area contributed by atoms with E-state index in [-0.39, 0.29) is 17.4 Å². The van der Waals surface area contributed by atoms with Crippen LogP contribution >= 0.6 is 0 Å². The maximum atomic E-state index is 13.6. The van der Waals surface area contributed by atoms with Gasteiger partial charge in [-0.05, 0) is 38.3 Å². The summed E-state index contributed by atoms with van der Waals surface area (Å²) < 4.78 is 0. The molecular weight excluding hydrogens is 338 g/mol. The molecule has 2 saturated heterocycles. The molecule has 0 aromatic heterocycles. The molecule has 4 rings (SSSR count). The fraction of sp³-hybridized carbons (Fsp3) is 0.636. The molecule has 27 heavy (non-hydrogen) atoms. The molecule has 1 aliphatic carbocycles. The van der Waals surface area contributed by atoms with Gasteiger partial charge in [-0.2, -0.15) is 0 Å². The van der Waals surface area contributed by atoms with Gasteiger partial charge in [-0.25, -0.2) is 0 Å². The van der Waals surface area contributed by atoms with Crippen LogP contribution in [0.2, 0.25) is 0 Å². The van der Waals surface area contributed by atoms with Gasteiger partial charge in [0, 0.05) is 51.4 Å². The highest BCUT2D eigenvalue weighted by molar-refractivity contribution is 5.88. The van der Waals surface area contributed by atoms with Gasteiger partial charge in [0.25, 0.3) is 0 Å². The SMILES string of the molecule is Cc1ccc(N2CCN(C(=O)[C@@]34CCCC[C@H]3N(C)C(=O)CC4)CC2)cc1. The van der Waals surface area contributed by atoms with Crippen molar-refractivity contribution in [1.82, 2.24) is 9.80 Å². The average molecular weight is 370 g/mol. The van der Waals surface area contributed by atoms with Crippen LogP contribution in [0.5, 0.6) is 0 Å². The molecule has 0 N–H and O–H groups in total. The van der Waals surface area contributed by atoms with Crippen LogP contribution in [0, 0.1) is 12.3 Å². The van der Waals surface area contributed by atoms with E-state index in [9.17, 15) is 9.59 Å². The summed E-state index contributed by atoms with van der Waals surface area (Å²) in [5, 5.41) is 0. The van der Waals surface area contributed by atoms with E-state index >= 15 is 0 Å². The lowest BCUT2D eigenvalue weighted by Crippen LogP contribution is -2.63. The van der Waals surface area contributed by atoms with E-state index in [2.05, 4.69) is 41.0 Å². The maximum Gasteiger partial charge on any atom is 0.231 e. The first-order valence-electron chi connectivity index (χ1n) is 10.4. The van der Waals surface area contributed by atoms with Gasteiger partial charge in [-0.1, -0.05) is 30.5 Å². The summed E-state index contributed by atoms with van der Waals surface area (Å²) in [6.07, 6.45) is 5.38. The number of piperazine rings is 1. The zero-order valence-corrected chi connectivity index (χ0v) is 16.6. The van der Waals surface area contributed by atoms with Crippen molar-refractivity contribution in [2.45, 2.75) is 51.5 Å². The fourth-order valence-electron chi connectivity index (χ4n) is 5.35. The van der Waals surface area contributed by atoms with Crippen molar-refractivity contribution in [3.8, 4) is 0 Å². The number of amides is 2. The van der Waals surface area contributed by atoms with E-state index in [1.54, 1.807) is 0 Å². The largest absolute Gasteiger partial charge is 0.368 e. The molecule has 0 unspecified atom stereocenters. The number of nitrogens with zero attached hydrogens (tertiary/aromatic N) is 3. The fourth-order valence-corrected chi connectivity index (χ4v) is 5.35. The molecule has 2 aliphatic heterocycles. The second kappa shape index (κ2) is 7.17. The van der Waals surface area contributed by atoms with Crippen LogP contribution in [-0.4, -0.2) is 60.9 Å². The van der Waals surface area contributed by atoms with E-state index in [0.29, 0.717) is 12.3 Å². The minimum Gasteiger partial charge on any atom is -0.368 e. The summed E-state index contributed by atoms with van der Waals surface area (Å²) in [5.41, 5.74) is 2.17. The van der Waals surface area contributed by atoms with Gasteiger partial charge in [0.2, 0.25) is 11.8 Å². The molecule has 0 bridgehead atoms. The monoisotopic (exact) mass is 369 g/mol. The molecule has 5 nitrogen and oxygen atoms in total. The standard InChI is InChI=1S/C22H31N3O2/c1-17-6-8-18(9-7-17)24-13-15-25(16-14-24)21(27)22-11-4-3-5-19(22)23(2)20(26)10-12-22/h6-9,19H,3-5,10-16H2,1-2H3/t19-,22-/m1/s1. The number of hydrogen-bond acceptors (Lipinski definition) is 3. The summed E-state index contributed by atoms with van der Waals surface area (Å²) in [6.45, 7) is 5.42. The van der Waals surface area contributed by atoms with Crippen LogP contribution in [0.3, 0.4) is 0 Å². The lowest BCUT2D eigenvalue weighted by Gasteiger charge is -2.52. The van der Waals surface area contributed by atoms with Crippen molar-refractivity contribution >= 4 is 17.5 Å². The topological polar surface area (TPSA) is 43.9 Å². The van der Waals surface area contributed by atoms with Crippen LogP contribution < -0.4 is 4.90 Å². The molecule has 0 radical (unpaired) electrons. The van der Waals surface area contributed by atoms with Crippen LogP contribution in [0.1, 0.15) is 44.1 Å². The van der Waals surface area contributed by atoms with Gasteiger partial charge >= 0.3 is 0 Å². The Balaban J connectivity index is 1.46. The second-order valence-corrected chi connectivity index (χ2v) is 8.54. The molecule has 2 amide bonds. The molecule has 1 aromatic rings. The quantitative estimate of drug-likeness (QED) is 0.805. The Morgan fingerprint density at radius 2 is 1.74 bits per heavy atom. The predicted molar refractivity (Wildman–Crippen MR) is 107 cm³/mol. The molecule has 5 heteroatoms. The van der Waals surface area contributed by atoms with Gasteiger partial charge in [0.1, 0.15) is 0 Å². The highest BCUT2D eigenvalue weighted by atomic mass is 16.2. The molecule has 3 fully saturated rings. The Labute approximate surface area is 162 Å². The number of anilines is 1. The molecule has 2 heterocycles. The number of likely N-dealkylation sites (tertiary alicyclic amines) is 1. The zero-order valence-electron chi connectivity index (χ0n) is 16.6. The number of fused-ring (bicyclic) bond motifs is 1. The number of aryl methyl sites for hydroxylation is 1. The van der Waals surface area contributed by atoms with Gasteiger partial charge in [0.15, 0.2) is 0 Å². The first-order valence-corrected chi connectivity index (χ1v) is 10.4. The van der Waals surface area contributed by atoms with E-state index < -0.39 is 0 Å². The van der Waals surface area contributed by atoms with Crippen molar-refractivity contribution in [3.63, 3.8) is 0 Å². The Kier molecular flexibility index (Phi) is 4.87. The van der Waals surface area contributed by atoms with E-state index in [1.807, 2.05) is 11.9 Å². The molecule has 146 valence electrons. The Bertz CT molecular complexity index is 709. The van der Waals surface area contributed by atoms with Gasteiger partial charge in [-0.3, -0.25) is 9.59 Å². The third-order valence-corrected chi connectivity index (χ3v) is 7.03. The van der Waals surface area contributed by atoms with E-state index in [1.165, 1.54) is 11.3 Å². The third kappa shape index (κ3) is 3.21. The first kappa shape index (κ1) is 18.3. The summed E-state index contributed by atoms with van der Waals surface area (Å²) in [4.78, 5) is 32.2. The first-order chi connectivity index (χ1) is 13.0. The highest BCUT2D eigenvalue weighted by Crippen LogP contribution is 2.47. The lowest BCUT2D eigenvalue weighted by molar-refractivity contribution is -0.160. The van der Waals surface area contributed by atoms with Crippen LogP contribution in [0.4, 0.5) is 5.69 Å². The number of carbonyl (C=O) groups is 2. The minimum absolute atomic E-state index is 0.0927. The van der Waals surface area contributed by atoms with E-state index in [4.69, 9.17) is 0 Å². The summed E-state index contributed by atoms with van der Waals surface area (Å²) in [5.74, 6) is 0.504. The molecule has 1 saturated carbocycles. The van der Waals surface area contributed by atoms with Gasteiger partial charge in [-0.15, -0.1) is 0 Å². The molecule has 2 atom stereocenters. The summed E-state index contributed by atoms with van der Waals surface area (Å²) in [7, 11) is 1.90. The second-order valence-electron chi connectivity index (χ2n) is 8.54. The van der Waals surface area contributed by atoms with Crippen LogP contribution in [0.15, 0.2) is 24.3 Å². The Hall–Kier alpha value is -2.04. The summed E-state index contributed by atoms with van der Waals surface area (Å²) in [6, 6.07) is 8.73. The Morgan fingerprint density at radius 1 is 1.04 bits per heavy atom. The molecule has 3 aliphatic rings. The number of carbonyl (C=O) groups excluding carboxylic acids is 2. The molecular formula is C22H31N3O2. The van der Waals surface area contributed by atoms with E-state index in [0.717, 1.165) is 58.3 Å². The number of hydrogen-bond donors (Lipinski definition) is 0. The molecule has 0 spiro atoms. The van der Waals surface area contributed by atoms with Gasteiger partial charge < -0.3 is 14.7 Å². The predicted octanol–water partition coefficient (Wildman–Crippen LogP) is 2.82. The van der Waals surface area contributed by atoms with Crippen molar-refractivity contribution in [3.05, 3.63) is 29.8 Å². The van der Waals surface area contributed by atoms with Crippen LogP contribution in [0.25, 0.3) is 0 Å². The number of benzene rings is 1. The average Bonchev–Trinajstić information content (AvgIpc) is 2.71. The smallest absolute Gasteiger partial charge is 0.231 e. The van der Waals surface area contributed by atoms with Crippen LogP contribution in [-0.2, 0) is 9.59 Å². The maximum absolute atomic E-state index is 13.6. The third-order valence-electron chi connectivity index (χ3n) is 7.03. The van der Waals surface area contributed by atoms with Crippen molar-refractivity contribution in [2.24, 2.45) is 5.41 Å². The van der Waals surface area contributed by atoms with Crippen molar-refractivity contribution in [2.75, 3.05) is 38.1 Å². The zero-order chi connectivity index (χ0) is 19.0. The number of rotatable bonds is 2. The Morgan fingerprint density at radius 3 is 2.44 bits per heavy atom. The lowest BCUT2D eigenvalue weighted by atomic mass is 9.64. The highest BCUT2D eigenvalue weighted by Gasteiger charge is 2.53. The minimum atomic E-state index is -0.340. The summed E-state index contributed by atoms with van der Waals surface area (Å²) >= 11 is 0. The van der Waals surface area contributed by atoms with Gasteiger partial charge in [0.05, 0.1) is 5.41 Å². The molecule has 1 aromatic carbocycles. The van der Waals surface area contributed by atoms with Crippen molar-refractivity contribution in [1.29, 1.82) is 0 Å². The normalized spacial score (nSPS) is 28.9.